The lowest BCUT2D eigenvalue weighted by Crippen LogP contribution is -2.46. The standard InChI is InChI=1S/C28H35N3O3S/c1-3-34-17-10-16-30(28(33)29-19-24-11-6-4-7-12-24)22-27(32)31(20-25-13-8-5-9-14-25)21-26-23(2)15-18-35-26/h4-9,11-15,18H,3,10,16-17,19-22H2,1-2H3,(H,29,33). The predicted molar refractivity (Wildman–Crippen MR) is 141 cm³/mol. The molecule has 3 amide bonds. The zero-order valence-electron chi connectivity index (χ0n) is 20.6. The number of benzene rings is 2. The summed E-state index contributed by atoms with van der Waals surface area (Å²) in [6, 6.07) is 21.6. The molecule has 0 aliphatic carbocycles. The highest BCUT2D eigenvalue weighted by molar-refractivity contribution is 7.10. The number of amides is 3. The van der Waals surface area contributed by atoms with Crippen LogP contribution in [0.2, 0.25) is 0 Å². The third-order valence-electron chi connectivity index (χ3n) is 5.69. The van der Waals surface area contributed by atoms with Crippen LogP contribution in [0.15, 0.2) is 72.1 Å². The van der Waals surface area contributed by atoms with Crippen molar-refractivity contribution in [3.63, 3.8) is 0 Å². The zero-order chi connectivity index (χ0) is 24.9. The van der Waals surface area contributed by atoms with Crippen LogP contribution in [0.3, 0.4) is 0 Å². The lowest BCUT2D eigenvalue weighted by molar-refractivity contribution is -0.133. The highest BCUT2D eigenvalue weighted by Crippen LogP contribution is 2.19. The molecule has 0 unspecified atom stereocenters. The fraction of sp³-hybridized carbons (Fsp3) is 0.357. The summed E-state index contributed by atoms with van der Waals surface area (Å²) in [4.78, 5) is 31.2. The highest BCUT2D eigenvalue weighted by Gasteiger charge is 2.22. The van der Waals surface area contributed by atoms with Crippen LogP contribution in [0.1, 0.15) is 34.9 Å². The van der Waals surface area contributed by atoms with Gasteiger partial charge in [0.15, 0.2) is 0 Å². The molecule has 186 valence electrons. The Morgan fingerprint density at radius 2 is 1.60 bits per heavy atom. The number of thiophene rings is 1. The minimum Gasteiger partial charge on any atom is -0.382 e. The van der Waals surface area contributed by atoms with Gasteiger partial charge in [0.2, 0.25) is 5.91 Å². The minimum absolute atomic E-state index is 0.0179. The van der Waals surface area contributed by atoms with E-state index in [0.29, 0.717) is 45.8 Å². The fourth-order valence-corrected chi connectivity index (χ4v) is 4.60. The number of carbonyl (C=O) groups excluding carboxylic acids is 2. The average molecular weight is 494 g/mol. The van der Waals surface area contributed by atoms with Crippen molar-refractivity contribution in [2.24, 2.45) is 0 Å². The van der Waals surface area contributed by atoms with Gasteiger partial charge in [0.1, 0.15) is 6.54 Å². The number of carbonyl (C=O) groups is 2. The first-order chi connectivity index (χ1) is 17.1. The number of rotatable bonds is 13. The van der Waals surface area contributed by atoms with E-state index in [9.17, 15) is 9.59 Å². The molecule has 0 saturated heterocycles. The zero-order valence-corrected chi connectivity index (χ0v) is 21.4. The summed E-state index contributed by atoms with van der Waals surface area (Å²) in [5.74, 6) is -0.0760. The lowest BCUT2D eigenvalue weighted by Gasteiger charge is -2.28. The van der Waals surface area contributed by atoms with Crippen LogP contribution in [0, 0.1) is 6.92 Å². The number of urea groups is 1. The second-order valence-electron chi connectivity index (χ2n) is 8.38. The largest absolute Gasteiger partial charge is 0.382 e. The van der Waals surface area contributed by atoms with E-state index in [4.69, 9.17) is 4.74 Å². The quantitative estimate of drug-likeness (QED) is 0.332. The molecule has 7 heteroatoms. The molecule has 0 aliphatic rings. The van der Waals surface area contributed by atoms with Gasteiger partial charge in [-0.25, -0.2) is 4.79 Å². The van der Waals surface area contributed by atoms with Gasteiger partial charge in [-0.15, -0.1) is 11.3 Å². The molecular weight excluding hydrogens is 458 g/mol. The van der Waals surface area contributed by atoms with Crippen LogP contribution in [-0.4, -0.2) is 48.0 Å². The first-order valence-corrected chi connectivity index (χ1v) is 12.9. The van der Waals surface area contributed by atoms with E-state index in [2.05, 4.69) is 18.3 Å². The summed E-state index contributed by atoms with van der Waals surface area (Å²) in [5.41, 5.74) is 3.25. The molecule has 0 fully saturated rings. The van der Waals surface area contributed by atoms with Crippen molar-refractivity contribution in [3.05, 3.63) is 93.7 Å². The number of ether oxygens (including phenoxy) is 1. The van der Waals surface area contributed by atoms with Crippen molar-refractivity contribution in [2.45, 2.75) is 39.9 Å². The van der Waals surface area contributed by atoms with E-state index < -0.39 is 0 Å². The lowest BCUT2D eigenvalue weighted by atomic mass is 10.2. The van der Waals surface area contributed by atoms with Crippen molar-refractivity contribution < 1.29 is 14.3 Å². The first kappa shape index (κ1) is 26.4. The maximum Gasteiger partial charge on any atom is 0.318 e. The monoisotopic (exact) mass is 493 g/mol. The van der Waals surface area contributed by atoms with Gasteiger partial charge in [0.25, 0.3) is 0 Å². The third-order valence-corrected chi connectivity index (χ3v) is 6.70. The Hall–Kier alpha value is -3.16. The molecule has 1 N–H and O–H groups in total. The van der Waals surface area contributed by atoms with Gasteiger partial charge in [-0.05, 0) is 48.4 Å². The SMILES string of the molecule is CCOCCCN(CC(=O)N(Cc1ccccc1)Cc1sccc1C)C(=O)NCc1ccccc1. The highest BCUT2D eigenvalue weighted by atomic mass is 32.1. The molecule has 3 rings (SSSR count). The molecule has 6 nitrogen and oxygen atoms in total. The predicted octanol–water partition coefficient (Wildman–Crippen LogP) is 5.22. The molecule has 0 aliphatic heterocycles. The molecule has 2 aromatic carbocycles. The first-order valence-electron chi connectivity index (χ1n) is 12.1. The molecular formula is C28H35N3O3S. The molecule has 1 aromatic heterocycles. The Balaban J connectivity index is 1.70. The summed E-state index contributed by atoms with van der Waals surface area (Å²) in [6.45, 7) is 7.09. The van der Waals surface area contributed by atoms with Gasteiger partial charge >= 0.3 is 6.03 Å². The maximum absolute atomic E-state index is 13.5. The molecule has 0 radical (unpaired) electrons. The Bertz CT molecular complexity index is 1040. The van der Waals surface area contributed by atoms with Crippen LogP contribution >= 0.6 is 11.3 Å². The van der Waals surface area contributed by atoms with Crippen molar-refractivity contribution in [1.29, 1.82) is 0 Å². The Labute approximate surface area is 212 Å². The van der Waals surface area contributed by atoms with Crippen molar-refractivity contribution in [2.75, 3.05) is 26.3 Å². The van der Waals surface area contributed by atoms with Gasteiger partial charge in [0.05, 0.1) is 6.54 Å². The smallest absolute Gasteiger partial charge is 0.318 e. The summed E-state index contributed by atoms with van der Waals surface area (Å²) in [5, 5.41) is 5.01. The van der Waals surface area contributed by atoms with E-state index in [1.807, 2.05) is 77.9 Å². The number of hydrogen-bond acceptors (Lipinski definition) is 4. The van der Waals surface area contributed by atoms with Gasteiger partial charge in [-0.3, -0.25) is 4.79 Å². The topological polar surface area (TPSA) is 61.9 Å². The van der Waals surface area contributed by atoms with E-state index in [-0.39, 0.29) is 18.5 Å². The molecule has 0 spiro atoms. The van der Waals surface area contributed by atoms with Crippen molar-refractivity contribution in [1.82, 2.24) is 15.1 Å². The Kier molecular flexibility index (Phi) is 10.8. The normalized spacial score (nSPS) is 10.7. The van der Waals surface area contributed by atoms with E-state index in [1.54, 1.807) is 16.2 Å². The minimum atomic E-state index is -0.245. The maximum atomic E-state index is 13.5. The average Bonchev–Trinajstić information content (AvgIpc) is 3.29. The van der Waals surface area contributed by atoms with Crippen LogP contribution in [0.5, 0.6) is 0 Å². The number of hydrogen-bond donors (Lipinski definition) is 1. The summed E-state index contributed by atoms with van der Waals surface area (Å²) < 4.78 is 5.46. The molecule has 0 bridgehead atoms. The van der Waals surface area contributed by atoms with Crippen LogP contribution in [0.4, 0.5) is 4.79 Å². The van der Waals surface area contributed by atoms with Crippen LogP contribution < -0.4 is 5.32 Å². The summed E-state index contributed by atoms with van der Waals surface area (Å²) in [7, 11) is 0. The van der Waals surface area contributed by atoms with E-state index in [0.717, 1.165) is 16.0 Å². The third kappa shape index (κ3) is 8.85. The molecule has 3 aromatic rings. The van der Waals surface area contributed by atoms with Gasteiger partial charge in [-0.2, -0.15) is 0 Å². The van der Waals surface area contributed by atoms with Crippen LogP contribution in [-0.2, 0) is 29.2 Å². The number of nitrogens with one attached hydrogen (secondary N) is 1. The van der Waals surface area contributed by atoms with Gasteiger partial charge in [0, 0.05) is 37.7 Å². The van der Waals surface area contributed by atoms with Gasteiger partial charge < -0.3 is 19.9 Å². The molecule has 0 saturated carbocycles. The van der Waals surface area contributed by atoms with Crippen molar-refractivity contribution >= 4 is 23.3 Å². The van der Waals surface area contributed by atoms with E-state index in [1.165, 1.54) is 5.56 Å². The molecule has 0 atom stereocenters. The Morgan fingerprint density at radius 3 is 2.23 bits per heavy atom. The number of nitrogens with zero attached hydrogens (tertiary/aromatic N) is 2. The second-order valence-corrected chi connectivity index (χ2v) is 9.38. The second kappa shape index (κ2) is 14.3. The van der Waals surface area contributed by atoms with Gasteiger partial charge in [-0.1, -0.05) is 60.7 Å². The Morgan fingerprint density at radius 1 is 0.914 bits per heavy atom. The summed E-state index contributed by atoms with van der Waals surface area (Å²) in [6.07, 6.45) is 0.669. The molecule has 35 heavy (non-hydrogen) atoms. The fourth-order valence-electron chi connectivity index (χ4n) is 3.68. The number of aryl methyl sites for hydroxylation is 1. The molecule has 1 heterocycles. The summed E-state index contributed by atoms with van der Waals surface area (Å²) >= 11 is 1.65. The van der Waals surface area contributed by atoms with E-state index >= 15 is 0 Å². The van der Waals surface area contributed by atoms with Crippen LogP contribution in [0.25, 0.3) is 0 Å². The van der Waals surface area contributed by atoms with Crippen molar-refractivity contribution in [3.8, 4) is 0 Å².